The van der Waals surface area contributed by atoms with Gasteiger partial charge in [0.1, 0.15) is 11.6 Å². The van der Waals surface area contributed by atoms with Gasteiger partial charge in [-0.2, -0.15) is 0 Å². The second kappa shape index (κ2) is 5.90. The summed E-state index contributed by atoms with van der Waals surface area (Å²) in [6.07, 6.45) is 1.18. The van der Waals surface area contributed by atoms with E-state index in [2.05, 4.69) is 4.74 Å². The maximum atomic E-state index is 12.6. The summed E-state index contributed by atoms with van der Waals surface area (Å²) in [5.41, 5.74) is 0.509. The first-order chi connectivity index (χ1) is 9.95. The van der Waals surface area contributed by atoms with Crippen LogP contribution >= 0.6 is 0 Å². The Labute approximate surface area is 121 Å². The summed E-state index contributed by atoms with van der Waals surface area (Å²) in [6.45, 7) is 2.14. The van der Waals surface area contributed by atoms with E-state index in [4.69, 9.17) is 0 Å². The fourth-order valence-corrected chi connectivity index (χ4v) is 2.53. The molecule has 0 aromatic heterocycles. The van der Waals surface area contributed by atoms with Crippen molar-refractivity contribution in [2.45, 2.75) is 25.8 Å². The van der Waals surface area contributed by atoms with Crippen molar-refractivity contribution in [1.29, 1.82) is 0 Å². The number of hydrogen-bond acceptors (Lipinski definition) is 5. The zero-order valence-electron chi connectivity index (χ0n) is 11.9. The summed E-state index contributed by atoms with van der Waals surface area (Å²) in [5, 5.41) is 11.1. The number of hydrogen-bond donors (Lipinski definition) is 0. The molecule has 1 heterocycles. The third-order valence-corrected chi connectivity index (χ3v) is 3.57. The van der Waals surface area contributed by atoms with Gasteiger partial charge >= 0.3 is 5.97 Å². The SMILES string of the molecule is COC(=O)C1CCCN1C(=O)c1cc(C)ccc1[N+](=O)[O-]. The number of nitro benzene ring substituents is 1. The van der Waals surface area contributed by atoms with Crippen molar-refractivity contribution in [2.24, 2.45) is 0 Å². The van der Waals surface area contributed by atoms with Crippen LogP contribution in [0.25, 0.3) is 0 Å². The topological polar surface area (TPSA) is 89.8 Å². The molecule has 7 nitrogen and oxygen atoms in total. The van der Waals surface area contributed by atoms with Crippen molar-refractivity contribution < 1.29 is 19.2 Å². The number of aryl methyl sites for hydroxylation is 1. The van der Waals surface area contributed by atoms with Crippen LogP contribution in [0.1, 0.15) is 28.8 Å². The van der Waals surface area contributed by atoms with Crippen molar-refractivity contribution in [3.63, 3.8) is 0 Å². The molecule has 0 N–H and O–H groups in total. The minimum atomic E-state index is -0.664. The maximum Gasteiger partial charge on any atom is 0.328 e. The third-order valence-electron chi connectivity index (χ3n) is 3.57. The average Bonchev–Trinajstić information content (AvgIpc) is 2.94. The van der Waals surface area contributed by atoms with E-state index >= 15 is 0 Å². The van der Waals surface area contributed by atoms with E-state index in [1.807, 2.05) is 0 Å². The predicted molar refractivity (Wildman–Crippen MR) is 73.9 cm³/mol. The first-order valence-electron chi connectivity index (χ1n) is 6.59. The largest absolute Gasteiger partial charge is 0.467 e. The van der Waals surface area contributed by atoms with Crippen molar-refractivity contribution in [3.05, 3.63) is 39.4 Å². The van der Waals surface area contributed by atoms with E-state index in [9.17, 15) is 19.7 Å². The lowest BCUT2D eigenvalue weighted by molar-refractivity contribution is -0.385. The van der Waals surface area contributed by atoms with E-state index in [0.29, 0.717) is 19.4 Å². The van der Waals surface area contributed by atoms with Gasteiger partial charge in [-0.25, -0.2) is 4.79 Å². The minimum Gasteiger partial charge on any atom is -0.467 e. The molecule has 112 valence electrons. The quantitative estimate of drug-likeness (QED) is 0.480. The molecule has 21 heavy (non-hydrogen) atoms. The molecule has 0 bridgehead atoms. The summed E-state index contributed by atoms with van der Waals surface area (Å²) in [6, 6.07) is 3.71. The Morgan fingerprint density at radius 2 is 2.14 bits per heavy atom. The van der Waals surface area contributed by atoms with Crippen LogP contribution in [0.5, 0.6) is 0 Å². The Morgan fingerprint density at radius 3 is 2.76 bits per heavy atom. The van der Waals surface area contributed by atoms with Crippen LogP contribution in [0.3, 0.4) is 0 Å². The lowest BCUT2D eigenvalue weighted by Crippen LogP contribution is -2.41. The van der Waals surface area contributed by atoms with Gasteiger partial charge in [0.05, 0.1) is 12.0 Å². The summed E-state index contributed by atoms with van der Waals surface area (Å²) in [7, 11) is 1.26. The average molecular weight is 292 g/mol. The Morgan fingerprint density at radius 1 is 1.43 bits per heavy atom. The number of carbonyl (C=O) groups is 2. The molecule has 0 radical (unpaired) electrons. The monoisotopic (exact) mass is 292 g/mol. The van der Waals surface area contributed by atoms with Gasteiger partial charge in [0, 0.05) is 12.6 Å². The molecular formula is C14H16N2O5. The second-order valence-electron chi connectivity index (χ2n) is 4.96. The van der Waals surface area contributed by atoms with E-state index in [0.717, 1.165) is 5.56 Å². The van der Waals surface area contributed by atoms with Gasteiger partial charge in [0.25, 0.3) is 11.6 Å². The first kappa shape index (κ1) is 15.0. The van der Waals surface area contributed by atoms with Crippen LogP contribution in [-0.4, -0.2) is 41.4 Å². The first-order valence-corrected chi connectivity index (χ1v) is 6.59. The number of nitro groups is 1. The van der Waals surface area contributed by atoms with Crippen molar-refractivity contribution in [2.75, 3.05) is 13.7 Å². The fourth-order valence-electron chi connectivity index (χ4n) is 2.53. The van der Waals surface area contributed by atoms with Crippen LogP contribution < -0.4 is 0 Å². The molecule has 1 aromatic carbocycles. The molecule has 2 rings (SSSR count). The summed E-state index contributed by atoms with van der Waals surface area (Å²) >= 11 is 0. The highest BCUT2D eigenvalue weighted by Gasteiger charge is 2.37. The summed E-state index contributed by atoms with van der Waals surface area (Å²) in [5.74, 6) is -0.991. The Hall–Kier alpha value is -2.44. The molecule has 1 aromatic rings. The van der Waals surface area contributed by atoms with Crippen molar-refractivity contribution in [3.8, 4) is 0 Å². The number of carbonyl (C=O) groups excluding carboxylic acids is 2. The van der Waals surface area contributed by atoms with E-state index in [1.165, 1.54) is 24.1 Å². The van der Waals surface area contributed by atoms with Crippen molar-refractivity contribution in [1.82, 2.24) is 4.90 Å². The molecular weight excluding hydrogens is 276 g/mol. The summed E-state index contributed by atoms with van der Waals surface area (Å²) < 4.78 is 4.69. The number of methoxy groups -OCH3 is 1. The Kier molecular flexibility index (Phi) is 4.21. The molecule has 1 aliphatic heterocycles. The van der Waals surface area contributed by atoms with Gasteiger partial charge in [0.15, 0.2) is 0 Å². The highest BCUT2D eigenvalue weighted by molar-refractivity contribution is 6.00. The molecule has 1 unspecified atom stereocenters. The molecule has 1 aliphatic rings. The molecule has 1 atom stereocenters. The number of esters is 1. The highest BCUT2D eigenvalue weighted by Crippen LogP contribution is 2.26. The zero-order chi connectivity index (χ0) is 15.6. The van der Waals surface area contributed by atoms with E-state index in [-0.39, 0.29) is 11.3 Å². The molecule has 1 fully saturated rings. The van der Waals surface area contributed by atoms with Gasteiger partial charge in [-0.1, -0.05) is 6.07 Å². The predicted octanol–water partition coefficient (Wildman–Crippen LogP) is 1.68. The van der Waals surface area contributed by atoms with Crippen LogP contribution in [-0.2, 0) is 9.53 Å². The van der Waals surface area contributed by atoms with Gasteiger partial charge in [-0.3, -0.25) is 14.9 Å². The standard InChI is InChI=1S/C14H16N2O5/c1-9-5-6-11(16(19)20)10(8-9)13(17)15-7-3-4-12(15)14(18)21-2/h5-6,8,12H,3-4,7H2,1-2H3. The maximum absolute atomic E-state index is 12.6. The zero-order valence-corrected chi connectivity index (χ0v) is 11.9. The lowest BCUT2D eigenvalue weighted by Gasteiger charge is -2.22. The lowest BCUT2D eigenvalue weighted by atomic mass is 10.1. The van der Waals surface area contributed by atoms with Crippen LogP contribution in [0.2, 0.25) is 0 Å². The number of likely N-dealkylation sites (tertiary alicyclic amines) is 1. The van der Waals surface area contributed by atoms with E-state index < -0.39 is 22.8 Å². The Balaban J connectivity index is 2.37. The minimum absolute atomic E-state index is 0.0100. The molecule has 7 heteroatoms. The van der Waals surface area contributed by atoms with Gasteiger partial charge in [0.2, 0.25) is 0 Å². The number of benzene rings is 1. The fraction of sp³-hybridized carbons (Fsp3) is 0.429. The van der Waals surface area contributed by atoms with Crippen LogP contribution in [0.4, 0.5) is 5.69 Å². The van der Waals surface area contributed by atoms with Gasteiger partial charge in [-0.15, -0.1) is 0 Å². The smallest absolute Gasteiger partial charge is 0.328 e. The van der Waals surface area contributed by atoms with Gasteiger partial charge in [-0.05, 0) is 31.4 Å². The molecule has 0 saturated carbocycles. The number of ether oxygens (including phenoxy) is 1. The van der Waals surface area contributed by atoms with Crippen molar-refractivity contribution >= 4 is 17.6 Å². The van der Waals surface area contributed by atoms with Crippen LogP contribution in [0.15, 0.2) is 18.2 Å². The normalized spacial score (nSPS) is 17.6. The number of rotatable bonds is 3. The number of amides is 1. The second-order valence-corrected chi connectivity index (χ2v) is 4.96. The van der Waals surface area contributed by atoms with E-state index in [1.54, 1.807) is 13.0 Å². The third kappa shape index (κ3) is 2.86. The molecule has 1 amide bonds. The molecule has 1 saturated heterocycles. The number of nitrogens with zero attached hydrogens (tertiary/aromatic N) is 2. The van der Waals surface area contributed by atoms with Gasteiger partial charge < -0.3 is 9.64 Å². The Bertz CT molecular complexity index is 599. The molecule has 0 aliphatic carbocycles. The summed E-state index contributed by atoms with van der Waals surface area (Å²) in [4.78, 5) is 36.1. The molecule has 0 spiro atoms. The highest BCUT2D eigenvalue weighted by atomic mass is 16.6. The van der Waals surface area contributed by atoms with Crippen LogP contribution in [0, 0.1) is 17.0 Å².